The summed E-state index contributed by atoms with van der Waals surface area (Å²) >= 11 is 0. The number of likely N-dealkylation sites (N-methyl/N-ethyl adjacent to an activating group) is 1. The average molecular weight is 217 g/mol. The molecule has 0 spiro atoms. The van der Waals surface area contributed by atoms with E-state index in [2.05, 4.69) is 6.07 Å². The molecule has 0 saturated carbocycles. The minimum absolute atomic E-state index is 0.109. The molecule has 0 aliphatic carbocycles. The first-order chi connectivity index (χ1) is 7.54. The predicted molar refractivity (Wildman–Crippen MR) is 61.3 cm³/mol. The van der Waals surface area contributed by atoms with Gasteiger partial charge in [-0.25, -0.2) is 0 Å². The van der Waals surface area contributed by atoms with Gasteiger partial charge < -0.3 is 10.6 Å². The van der Waals surface area contributed by atoms with Gasteiger partial charge in [-0.05, 0) is 24.6 Å². The first kappa shape index (κ1) is 12.2. The Balaban J connectivity index is 2.74. The molecule has 0 radical (unpaired) electrons. The van der Waals surface area contributed by atoms with Gasteiger partial charge in [-0.1, -0.05) is 12.1 Å². The predicted octanol–water partition coefficient (Wildman–Crippen LogP) is 0.864. The quantitative estimate of drug-likeness (QED) is 0.816. The van der Waals surface area contributed by atoms with Crippen molar-refractivity contribution in [2.24, 2.45) is 5.73 Å². The number of nitrogens with two attached hydrogens (primary N) is 1. The normalized spacial score (nSPS) is 11.6. The van der Waals surface area contributed by atoms with E-state index in [9.17, 15) is 4.79 Å². The van der Waals surface area contributed by atoms with Crippen molar-refractivity contribution in [3.8, 4) is 6.07 Å². The van der Waals surface area contributed by atoms with Crippen LogP contribution in [-0.4, -0.2) is 23.9 Å². The summed E-state index contributed by atoms with van der Waals surface area (Å²) in [5.41, 5.74) is 7.03. The standard InChI is InChI=1S/C12H15N3O/c1-9(14)12(16)15(2)8-11-5-3-4-10(6-11)7-13/h3-6,9H,8,14H2,1-2H3/t9-/m0/s1. The lowest BCUT2D eigenvalue weighted by atomic mass is 10.1. The molecule has 0 unspecified atom stereocenters. The summed E-state index contributed by atoms with van der Waals surface area (Å²) in [5.74, 6) is -0.109. The highest BCUT2D eigenvalue weighted by Crippen LogP contribution is 2.07. The van der Waals surface area contributed by atoms with Crippen LogP contribution in [-0.2, 0) is 11.3 Å². The summed E-state index contributed by atoms with van der Waals surface area (Å²) in [4.78, 5) is 13.1. The summed E-state index contributed by atoms with van der Waals surface area (Å²) in [7, 11) is 1.70. The molecule has 0 fully saturated rings. The van der Waals surface area contributed by atoms with E-state index in [4.69, 9.17) is 11.0 Å². The first-order valence-electron chi connectivity index (χ1n) is 5.04. The molecule has 84 valence electrons. The Morgan fingerprint density at radius 3 is 2.88 bits per heavy atom. The lowest BCUT2D eigenvalue weighted by Gasteiger charge is -2.19. The van der Waals surface area contributed by atoms with Crippen molar-refractivity contribution < 1.29 is 4.79 Å². The zero-order valence-electron chi connectivity index (χ0n) is 9.47. The monoisotopic (exact) mass is 217 g/mol. The van der Waals surface area contributed by atoms with E-state index in [-0.39, 0.29) is 5.91 Å². The number of carbonyl (C=O) groups excluding carboxylic acids is 1. The molecule has 0 aliphatic heterocycles. The second-order valence-corrected chi connectivity index (χ2v) is 3.80. The van der Waals surface area contributed by atoms with Crippen LogP contribution >= 0.6 is 0 Å². The Bertz CT molecular complexity index is 421. The molecule has 2 N–H and O–H groups in total. The number of benzene rings is 1. The van der Waals surface area contributed by atoms with Gasteiger partial charge >= 0.3 is 0 Å². The molecule has 1 aromatic rings. The van der Waals surface area contributed by atoms with Crippen LogP contribution in [0.2, 0.25) is 0 Å². The molecule has 1 amide bonds. The van der Waals surface area contributed by atoms with Crippen LogP contribution < -0.4 is 5.73 Å². The van der Waals surface area contributed by atoms with Crippen molar-refractivity contribution in [2.45, 2.75) is 19.5 Å². The third kappa shape index (κ3) is 3.07. The molecule has 0 aliphatic rings. The molecule has 1 aromatic carbocycles. The molecule has 0 heterocycles. The molecule has 16 heavy (non-hydrogen) atoms. The van der Waals surface area contributed by atoms with Crippen LogP contribution in [0.25, 0.3) is 0 Å². The van der Waals surface area contributed by atoms with Crippen LogP contribution in [0.15, 0.2) is 24.3 Å². The third-order valence-electron chi connectivity index (χ3n) is 2.24. The van der Waals surface area contributed by atoms with Gasteiger partial charge in [-0.3, -0.25) is 4.79 Å². The lowest BCUT2D eigenvalue weighted by Crippen LogP contribution is -2.39. The van der Waals surface area contributed by atoms with Crippen LogP contribution in [0.4, 0.5) is 0 Å². The largest absolute Gasteiger partial charge is 0.340 e. The van der Waals surface area contributed by atoms with Crippen molar-refractivity contribution in [1.82, 2.24) is 4.90 Å². The second kappa shape index (κ2) is 5.29. The molecular formula is C12H15N3O. The Labute approximate surface area is 95.3 Å². The fourth-order valence-corrected chi connectivity index (χ4v) is 1.44. The van der Waals surface area contributed by atoms with Gasteiger partial charge in [0.15, 0.2) is 0 Å². The topological polar surface area (TPSA) is 70.1 Å². The van der Waals surface area contributed by atoms with Crippen LogP contribution in [0.5, 0.6) is 0 Å². The highest BCUT2D eigenvalue weighted by molar-refractivity contribution is 5.80. The lowest BCUT2D eigenvalue weighted by molar-refractivity contribution is -0.131. The number of hydrogen-bond acceptors (Lipinski definition) is 3. The maximum Gasteiger partial charge on any atom is 0.239 e. The summed E-state index contributed by atoms with van der Waals surface area (Å²) in [6.45, 7) is 2.13. The van der Waals surface area contributed by atoms with Crippen molar-refractivity contribution in [3.63, 3.8) is 0 Å². The molecule has 4 heteroatoms. The van der Waals surface area contributed by atoms with Gasteiger partial charge in [-0.2, -0.15) is 5.26 Å². The van der Waals surface area contributed by atoms with Crippen molar-refractivity contribution in [1.29, 1.82) is 5.26 Å². The number of carbonyl (C=O) groups is 1. The smallest absolute Gasteiger partial charge is 0.239 e. The summed E-state index contributed by atoms with van der Waals surface area (Å²) in [6, 6.07) is 8.75. The van der Waals surface area contributed by atoms with Crippen LogP contribution in [0, 0.1) is 11.3 Å². The van der Waals surface area contributed by atoms with E-state index in [0.29, 0.717) is 12.1 Å². The van der Waals surface area contributed by atoms with Crippen LogP contribution in [0.3, 0.4) is 0 Å². The van der Waals surface area contributed by atoms with Gasteiger partial charge in [0.25, 0.3) is 0 Å². The Morgan fingerprint density at radius 2 is 2.31 bits per heavy atom. The fraction of sp³-hybridized carbons (Fsp3) is 0.333. The minimum atomic E-state index is -0.496. The maximum absolute atomic E-state index is 11.5. The molecular weight excluding hydrogens is 202 g/mol. The number of rotatable bonds is 3. The van der Waals surface area contributed by atoms with Gasteiger partial charge in [0.05, 0.1) is 17.7 Å². The van der Waals surface area contributed by atoms with Gasteiger partial charge in [-0.15, -0.1) is 0 Å². The molecule has 0 bridgehead atoms. The van der Waals surface area contributed by atoms with E-state index in [1.165, 1.54) is 0 Å². The summed E-state index contributed by atoms with van der Waals surface area (Å²) < 4.78 is 0. The molecule has 1 rings (SSSR count). The van der Waals surface area contributed by atoms with Gasteiger partial charge in [0, 0.05) is 13.6 Å². The second-order valence-electron chi connectivity index (χ2n) is 3.80. The molecule has 1 atom stereocenters. The number of nitrogens with zero attached hydrogens (tertiary/aromatic N) is 2. The SMILES string of the molecule is C[C@H](N)C(=O)N(C)Cc1cccc(C#N)c1. The van der Waals surface area contributed by atoms with Crippen molar-refractivity contribution in [2.75, 3.05) is 7.05 Å². The zero-order valence-corrected chi connectivity index (χ0v) is 9.47. The van der Waals surface area contributed by atoms with E-state index in [1.807, 2.05) is 6.07 Å². The number of amides is 1. The van der Waals surface area contributed by atoms with Gasteiger partial charge in [0.2, 0.25) is 5.91 Å². The average Bonchev–Trinajstić information content (AvgIpc) is 2.28. The van der Waals surface area contributed by atoms with Crippen LogP contribution in [0.1, 0.15) is 18.1 Å². The highest BCUT2D eigenvalue weighted by Gasteiger charge is 2.13. The highest BCUT2D eigenvalue weighted by atomic mass is 16.2. The summed E-state index contributed by atoms with van der Waals surface area (Å²) in [6.07, 6.45) is 0. The number of nitriles is 1. The van der Waals surface area contributed by atoms with E-state index < -0.39 is 6.04 Å². The fourth-order valence-electron chi connectivity index (χ4n) is 1.44. The van der Waals surface area contributed by atoms with Crippen molar-refractivity contribution >= 4 is 5.91 Å². The summed E-state index contributed by atoms with van der Waals surface area (Å²) in [5, 5.41) is 8.74. The van der Waals surface area contributed by atoms with Crippen molar-refractivity contribution in [3.05, 3.63) is 35.4 Å². The van der Waals surface area contributed by atoms with E-state index in [0.717, 1.165) is 5.56 Å². The maximum atomic E-state index is 11.5. The molecule has 0 saturated heterocycles. The minimum Gasteiger partial charge on any atom is -0.340 e. The Morgan fingerprint density at radius 1 is 1.62 bits per heavy atom. The van der Waals surface area contributed by atoms with E-state index in [1.54, 1.807) is 37.1 Å². The Kier molecular flexibility index (Phi) is 4.03. The third-order valence-corrected chi connectivity index (χ3v) is 2.24. The zero-order chi connectivity index (χ0) is 12.1. The molecule has 4 nitrogen and oxygen atoms in total. The number of hydrogen-bond donors (Lipinski definition) is 1. The van der Waals surface area contributed by atoms with E-state index >= 15 is 0 Å². The Hall–Kier alpha value is -1.86. The molecule has 0 aromatic heterocycles. The first-order valence-corrected chi connectivity index (χ1v) is 5.04. The van der Waals surface area contributed by atoms with Gasteiger partial charge in [0.1, 0.15) is 0 Å².